The van der Waals surface area contributed by atoms with Gasteiger partial charge in [-0.2, -0.15) is 0 Å². The number of anilines is 1. The maximum absolute atomic E-state index is 13.7. The Morgan fingerprint density at radius 3 is 2.68 bits per heavy atom. The fourth-order valence-corrected chi connectivity index (χ4v) is 8.55. The second kappa shape index (κ2) is 10.5. The van der Waals surface area contributed by atoms with Gasteiger partial charge in [0.25, 0.3) is 5.91 Å². The molecule has 2 aliphatic rings. The number of Topliss-reactive ketones (excluding diaryl/α,β-unsaturated/α-hetero) is 1. The number of hydrogen-bond donors (Lipinski definition) is 2. The highest BCUT2D eigenvalue weighted by Gasteiger charge is 2.39. The Bertz CT molecular complexity index is 1580. The monoisotopic (exact) mass is 557 g/mol. The van der Waals surface area contributed by atoms with Crippen LogP contribution in [-0.2, 0) is 15.3 Å². The molecular formula is C30H27N3O2S3. The predicted molar refractivity (Wildman–Crippen MR) is 158 cm³/mol. The number of carbonyl (C=O) groups is 2. The average molecular weight is 558 g/mol. The quantitative estimate of drug-likeness (QED) is 0.239. The summed E-state index contributed by atoms with van der Waals surface area (Å²) >= 11 is 5.14. The number of rotatable bonds is 6. The number of nitrogens with zero attached hydrogens (tertiary/aromatic N) is 1. The highest BCUT2D eigenvalue weighted by Crippen LogP contribution is 2.46. The molecule has 1 aliphatic heterocycles. The van der Waals surface area contributed by atoms with E-state index in [1.807, 2.05) is 55.5 Å². The normalized spacial score (nSPS) is 17.5. The van der Waals surface area contributed by atoms with Gasteiger partial charge < -0.3 is 10.6 Å². The smallest absolute Gasteiger partial charge is 0.254 e. The summed E-state index contributed by atoms with van der Waals surface area (Å²) in [5, 5.41) is 6.47. The molecule has 4 aromatic rings. The van der Waals surface area contributed by atoms with Crippen LogP contribution in [0.3, 0.4) is 0 Å². The van der Waals surface area contributed by atoms with Crippen molar-refractivity contribution in [3.63, 3.8) is 0 Å². The summed E-state index contributed by atoms with van der Waals surface area (Å²) in [7, 11) is 0. The van der Waals surface area contributed by atoms with E-state index < -0.39 is 0 Å². The fourth-order valence-electron chi connectivity index (χ4n) is 5.17. The van der Waals surface area contributed by atoms with E-state index in [9.17, 15) is 9.59 Å². The third-order valence-corrected chi connectivity index (χ3v) is 10.4. The first-order chi connectivity index (χ1) is 18.5. The molecule has 2 N–H and O–H groups in total. The van der Waals surface area contributed by atoms with Gasteiger partial charge in [0.2, 0.25) is 0 Å². The summed E-state index contributed by atoms with van der Waals surface area (Å²) in [5.41, 5.74) is 6.15. The fraction of sp³-hybridized carbons (Fsp3) is 0.233. The van der Waals surface area contributed by atoms with Crippen LogP contribution in [0.4, 0.5) is 5.69 Å². The number of allylic oxidation sites excluding steroid dienone is 3. The van der Waals surface area contributed by atoms with Gasteiger partial charge >= 0.3 is 0 Å². The van der Waals surface area contributed by atoms with Crippen LogP contribution in [0.1, 0.15) is 47.4 Å². The Balaban J connectivity index is 1.33. The second-order valence-corrected chi connectivity index (χ2v) is 13.1. The number of aryl methyl sites for hydroxylation is 1. The van der Waals surface area contributed by atoms with Crippen LogP contribution >= 0.6 is 34.4 Å². The molecule has 2 aromatic heterocycles. The number of dihydropyridines is 1. The van der Waals surface area contributed by atoms with Crippen LogP contribution in [-0.4, -0.2) is 16.7 Å². The number of thioether (sulfide) groups is 1. The molecule has 1 unspecified atom stereocenters. The van der Waals surface area contributed by atoms with Crippen molar-refractivity contribution in [2.24, 2.45) is 0 Å². The molecule has 0 spiro atoms. The summed E-state index contributed by atoms with van der Waals surface area (Å²) in [5.74, 6) is 0.388. The van der Waals surface area contributed by atoms with Crippen LogP contribution < -0.4 is 10.6 Å². The number of thiazole rings is 1. The number of carbonyl (C=O) groups excluding carboxylic acids is 2. The molecule has 8 heteroatoms. The van der Waals surface area contributed by atoms with Gasteiger partial charge in [-0.1, -0.05) is 42.1 Å². The number of benzene rings is 2. The zero-order valence-electron chi connectivity index (χ0n) is 21.2. The lowest BCUT2D eigenvalue weighted by molar-refractivity contribution is -0.116. The Morgan fingerprint density at radius 2 is 1.87 bits per heavy atom. The Kier molecular flexibility index (Phi) is 6.95. The number of para-hydroxylation sites is 2. The lowest BCUT2D eigenvalue weighted by atomic mass is 9.77. The molecular weight excluding hydrogens is 531 g/mol. The van der Waals surface area contributed by atoms with Gasteiger partial charge in [0.15, 0.2) is 10.1 Å². The zero-order chi connectivity index (χ0) is 26.2. The maximum atomic E-state index is 13.7. The predicted octanol–water partition coefficient (Wildman–Crippen LogP) is 7.57. The number of amides is 1. The molecule has 0 bridgehead atoms. The molecule has 1 amide bonds. The molecule has 0 radical (unpaired) electrons. The van der Waals surface area contributed by atoms with Crippen molar-refractivity contribution in [3.05, 3.63) is 98.5 Å². The van der Waals surface area contributed by atoms with Crippen molar-refractivity contribution in [2.45, 2.75) is 49.1 Å². The van der Waals surface area contributed by atoms with Crippen LogP contribution in [0.15, 0.2) is 87.5 Å². The number of hydrogen-bond acceptors (Lipinski definition) is 7. The van der Waals surface area contributed by atoms with Gasteiger partial charge in [-0.25, -0.2) is 4.98 Å². The highest BCUT2D eigenvalue weighted by atomic mass is 32.2. The first kappa shape index (κ1) is 25.1. The van der Waals surface area contributed by atoms with E-state index in [1.165, 1.54) is 15.1 Å². The third-order valence-electron chi connectivity index (χ3n) is 7.00. The van der Waals surface area contributed by atoms with Gasteiger partial charge in [0.05, 0.1) is 16.1 Å². The Labute approximate surface area is 234 Å². The van der Waals surface area contributed by atoms with Crippen LogP contribution in [0, 0.1) is 6.92 Å². The van der Waals surface area contributed by atoms with Gasteiger partial charge in [-0.05, 0) is 62.6 Å². The third kappa shape index (κ3) is 4.84. The summed E-state index contributed by atoms with van der Waals surface area (Å²) in [6, 6.07) is 19.9. The standard InChI is InChI=1S/C30H27N3O2S3/c1-17-26(29(35)32-20-9-4-3-5-10-20)28(27-22(31-17)12-8-13-23(27)34)25-15-19(18(2)37-25)16-36-30-33-21-11-6-7-14-24(21)38-30/h3-7,9-11,14-15,28,31H,8,12-13,16H2,1-2H3,(H,32,35). The molecule has 6 rings (SSSR count). The van der Waals surface area contributed by atoms with Crippen molar-refractivity contribution < 1.29 is 9.59 Å². The average Bonchev–Trinajstić information content (AvgIpc) is 3.50. The summed E-state index contributed by atoms with van der Waals surface area (Å²) < 4.78 is 2.24. The number of thiophene rings is 1. The molecule has 192 valence electrons. The van der Waals surface area contributed by atoms with Crippen LogP contribution in [0.5, 0.6) is 0 Å². The Hall–Kier alpha value is -3.20. The number of nitrogens with one attached hydrogen (secondary N) is 2. The van der Waals surface area contributed by atoms with Crippen molar-refractivity contribution in [3.8, 4) is 0 Å². The summed E-state index contributed by atoms with van der Waals surface area (Å²) in [4.78, 5) is 34.0. The minimum absolute atomic E-state index is 0.137. The molecule has 1 aliphatic carbocycles. The molecule has 0 saturated heterocycles. The van der Waals surface area contributed by atoms with Gasteiger partial charge in [0.1, 0.15) is 0 Å². The maximum Gasteiger partial charge on any atom is 0.254 e. The number of ketones is 1. The van der Waals surface area contributed by atoms with E-state index in [-0.39, 0.29) is 17.6 Å². The molecule has 0 fully saturated rings. The molecule has 38 heavy (non-hydrogen) atoms. The molecule has 5 nitrogen and oxygen atoms in total. The molecule has 3 heterocycles. The number of fused-ring (bicyclic) bond motifs is 1. The lowest BCUT2D eigenvalue weighted by Gasteiger charge is -2.33. The van der Waals surface area contributed by atoms with Crippen LogP contribution in [0.25, 0.3) is 10.2 Å². The van der Waals surface area contributed by atoms with E-state index >= 15 is 0 Å². The molecule has 0 saturated carbocycles. The van der Waals surface area contributed by atoms with Gasteiger partial charge in [-0.15, -0.1) is 22.7 Å². The lowest BCUT2D eigenvalue weighted by Crippen LogP contribution is -2.35. The minimum Gasteiger partial charge on any atom is -0.362 e. The first-order valence-corrected chi connectivity index (χ1v) is 15.3. The first-order valence-electron chi connectivity index (χ1n) is 12.7. The largest absolute Gasteiger partial charge is 0.362 e. The Morgan fingerprint density at radius 1 is 1.08 bits per heavy atom. The van der Waals surface area contributed by atoms with E-state index in [1.54, 1.807) is 34.4 Å². The zero-order valence-corrected chi connectivity index (χ0v) is 23.6. The van der Waals surface area contributed by atoms with E-state index in [0.29, 0.717) is 12.0 Å². The van der Waals surface area contributed by atoms with E-state index in [4.69, 9.17) is 4.98 Å². The van der Waals surface area contributed by atoms with Crippen molar-refractivity contribution in [1.82, 2.24) is 10.3 Å². The minimum atomic E-state index is -0.368. The van der Waals surface area contributed by atoms with Crippen molar-refractivity contribution >= 4 is 62.0 Å². The van der Waals surface area contributed by atoms with Crippen molar-refractivity contribution in [1.29, 1.82) is 0 Å². The van der Waals surface area contributed by atoms with E-state index in [2.05, 4.69) is 29.7 Å². The van der Waals surface area contributed by atoms with Crippen LogP contribution in [0.2, 0.25) is 0 Å². The molecule has 2 aromatic carbocycles. The van der Waals surface area contributed by atoms with E-state index in [0.717, 1.165) is 56.0 Å². The van der Waals surface area contributed by atoms with Gasteiger partial charge in [-0.3, -0.25) is 9.59 Å². The topological polar surface area (TPSA) is 71.1 Å². The summed E-state index contributed by atoms with van der Waals surface area (Å²) in [6.07, 6.45) is 2.19. The highest BCUT2D eigenvalue weighted by molar-refractivity contribution is 8.00. The summed E-state index contributed by atoms with van der Waals surface area (Å²) in [6.45, 7) is 4.07. The van der Waals surface area contributed by atoms with Crippen molar-refractivity contribution in [2.75, 3.05) is 5.32 Å². The SMILES string of the molecule is CC1=C(C(=O)Nc2ccccc2)C(c2cc(CSc3nc4ccccc4s3)c(C)s2)C2=C(CCCC2=O)N1. The second-order valence-electron chi connectivity index (χ2n) is 9.55. The van der Waals surface area contributed by atoms with Gasteiger partial charge in [0, 0.05) is 50.2 Å². The molecule has 1 atom stereocenters. The number of aromatic nitrogens is 1.